The van der Waals surface area contributed by atoms with Crippen molar-refractivity contribution in [1.82, 2.24) is 39.9 Å². The number of carbonyl (C=O) groups is 5. The van der Waals surface area contributed by atoms with Crippen molar-refractivity contribution in [2.45, 2.75) is 51.1 Å². The van der Waals surface area contributed by atoms with Gasteiger partial charge in [-0.15, -0.1) is 0 Å². The number of hydrogen-bond donors (Lipinski definition) is 1. The molecule has 352 valence electrons. The Morgan fingerprint density at radius 1 is 0.771 bits per heavy atom. The largest absolute Gasteiger partial charge is 0.493 e. The first-order valence-corrected chi connectivity index (χ1v) is 24.0. The number of rotatable bonds is 13. The fourth-order valence-electron chi connectivity index (χ4n) is 9.42. The summed E-state index contributed by atoms with van der Waals surface area (Å²) in [5, 5.41) is 3.26. The van der Waals surface area contributed by atoms with Crippen LogP contribution in [0.1, 0.15) is 91.1 Å². The van der Waals surface area contributed by atoms with E-state index in [2.05, 4.69) is 61.2 Å². The molecule has 2 fully saturated rings. The fraction of sp³-hybridized carbons (Fsp3) is 0.286. The van der Waals surface area contributed by atoms with Crippen molar-refractivity contribution in [3.05, 3.63) is 154 Å². The number of unbranched alkanes of at least 4 members (excludes halogenated alkanes) is 2. The van der Waals surface area contributed by atoms with E-state index < -0.39 is 29.7 Å². The van der Waals surface area contributed by atoms with Gasteiger partial charge in [-0.05, 0) is 104 Å². The Balaban J connectivity index is 0.622. The van der Waals surface area contributed by atoms with Crippen molar-refractivity contribution >= 4 is 52.6 Å². The van der Waals surface area contributed by atoms with Crippen LogP contribution in [0.4, 0.5) is 0 Å². The average molecular weight is 933 g/mol. The minimum absolute atomic E-state index is 0.0138. The third-order valence-corrected chi connectivity index (χ3v) is 13.4. The summed E-state index contributed by atoms with van der Waals surface area (Å²) in [6.07, 6.45) is 11.5. The summed E-state index contributed by atoms with van der Waals surface area (Å²) in [4.78, 5) is 85.8. The van der Waals surface area contributed by atoms with Gasteiger partial charge in [-0.25, -0.2) is 9.97 Å². The quantitative estimate of drug-likeness (QED) is 0.0570. The number of nitrogens with zero attached hydrogens (tertiary/aromatic N) is 7. The van der Waals surface area contributed by atoms with Gasteiger partial charge in [0.2, 0.25) is 11.8 Å². The molecule has 4 aromatic carbocycles. The molecular formula is C56H52N8O6. The maximum absolute atomic E-state index is 13.6. The molecular weight excluding hydrogens is 881 g/mol. The zero-order valence-corrected chi connectivity index (χ0v) is 38.8. The van der Waals surface area contributed by atoms with E-state index in [1.807, 2.05) is 77.8 Å². The predicted octanol–water partition coefficient (Wildman–Crippen LogP) is 6.68. The molecule has 1 unspecified atom stereocenters. The first-order valence-electron chi connectivity index (χ1n) is 24.0. The van der Waals surface area contributed by atoms with Crippen molar-refractivity contribution in [3.63, 3.8) is 0 Å². The average Bonchev–Trinajstić information content (AvgIpc) is 3.65. The number of amides is 5. The molecule has 6 aromatic rings. The van der Waals surface area contributed by atoms with E-state index in [4.69, 9.17) is 9.72 Å². The first kappa shape index (κ1) is 45.9. The smallest absolute Gasteiger partial charge is 0.266 e. The molecule has 14 heteroatoms. The molecule has 0 spiro atoms. The zero-order valence-electron chi connectivity index (χ0n) is 38.8. The number of ether oxygens (including phenoxy) is 1. The lowest BCUT2D eigenvalue weighted by atomic mass is 10.0. The van der Waals surface area contributed by atoms with E-state index in [0.717, 1.165) is 108 Å². The minimum atomic E-state index is -1.01. The third-order valence-electron chi connectivity index (χ3n) is 13.4. The summed E-state index contributed by atoms with van der Waals surface area (Å²) < 4.78 is 6.00. The molecule has 4 aliphatic rings. The fourth-order valence-corrected chi connectivity index (χ4v) is 9.42. The van der Waals surface area contributed by atoms with E-state index in [1.165, 1.54) is 0 Å². The highest BCUT2D eigenvalue weighted by atomic mass is 16.5. The predicted molar refractivity (Wildman–Crippen MR) is 265 cm³/mol. The number of para-hydroxylation sites is 1. The van der Waals surface area contributed by atoms with E-state index >= 15 is 0 Å². The third kappa shape index (κ3) is 10.3. The number of piperidine rings is 1. The second kappa shape index (κ2) is 20.8. The summed E-state index contributed by atoms with van der Waals surface area (Å²) in [5.41, 5.74) is 7.81. The molecule has 14 nitrogen and oxygen atoms in total. The Morgan fingerprint density at radius 3 is 2.34 bits per heavy atom. The standard InChI is InChI=1S/C56H52N8O6/c65-50-24-23-48(53(66)60-50)64-55(68)45-10-6-12-49(51(45)56(64)69)70-33-5-1-4-26-61-29-31-62(32-30-61)27-7-8-38-13-15-39(16-14-38)17-18-40-19-21-41(22-20-40)54(67)63-28-25-43-35-58-52(59-47(43)37-63)44-34-42-9-2-3-11-46(42)57-36-44/h2-3,6,9-22,34-36,48H,1,4-5,23-33,37H2,(H,60,65,66)/b18-17+. The molecule has 0 saturated carbocycles. The van der Waals surface area contributed by atoms with Gasteiger partial charge in [-0.2, -0.15) is 0 Å². The minimum Gasteiger partial charge on any atom is -0.493 e. The molecule has 10 rings (SSSR count). The van der Waals surface area contributed by atoms with Gasteiger partial charge in [0, 0.05) is 73.6 Å². The maximum Gasteiger partial charge on any atom is 0.266 e. The van der Waals surface area contributed by atoms with Crippen LogP contribution in [0.15, 0.2) is 109 Å². The highest BCUT2D eigenvalue weighted by Gasteiger charge is 2.46. The van der Waals surface area contributed by atoms with Gasteiger partial charge < -0.3 is 14.5 Å². The SMILES string of the molecule is O=C1CCC(N2C(=O)c3cccc(OCCCCCN4CCN(CC#Cc5ccc(/C=C/c6ccc(C(=O)N7CCc8cnc(-c9cnc%10ccccc%10c9)nc8C7)cc6)cc5)CC4)c3C2=O)C(=O)N1. The van der Waals surface area contributed by atoms with Gasteiger partial charge in [0.1, 0.15) is 11.8 Å². The van der Waals surface area contributed by atoms with Gasteiger partial charge in [0.05, 0.1) is 42.0 Å². The first-order chi connectivity index (χ1) is 34.2. The highest BCUT2D eigenvalue weighted by Crippen LogP contribution is 2.34. The number of nitrogens with one attached hydrogen (secondary N) is 1. The van der Waals surface area contributed by atoms with Crippen molar-refractivity contribution in [2.24, 2.45) is 0 Å². The van der Waals surface area contributed by atoms with Crippen LogP contribution in [0.25, 0.3) is 34.4 Å². The van der Waals surface area contributed by atoms with Crippen LogP contribution >= 0.6 is 0 Å². The monoisotopic (exact) mass is 932 g/mol. The number of fused-ring (bicyclic) bond motifs is 3. The van der Waals surface area contributed by atoms with Crippen LogP contribution in [0.5, 0.6) is 5.75 Å². The Labute approximate surface area is 406 Å². The number of hydrogen-bond acceptors (Lipinski definition) is 11. The summed E-state index contributed by atoms with van der Waals surface area (Å²) in [5.74, 6) is 5.48. The van der Waals surface area contributed by atoms with Crippen molar-refractivity contribution in [3.8, 4) is 29.0 Å². The maximum atomic E-state index is 13.6. The van der Waals surface area contributed by atoms with Crippen LogP contribution in [-0.2, 0) is 22.6 Å². The van der Waals surface area contributed by atoms with Crippen LogP contribution in [0.3, 0.4) is 0 Å². The molecule has 5 amide bonds. The number of piperazine rings is 1. The Hall–Kier alpha value is -7.86. The van der Waals surface area contributed by atoms with Gasteiger partial charge >= 0.3 is 0 Å². The van der Waals surface area contributed by atoms with Crippen molar-refractivity contribution in [1.29, 1.82) is 0 Å². The number of imide groups is 2. The lowest BCUT2D eigenvalue weighted by Gasteiger charge is -2.33. The molecule has 1 N–H and O–H groups in total. The Morgan fingerprint density at radius 2 is 1.54 bits per heavy atom. The summed E-state index contributed by atoms with van der Waals surface area (Å²) in [6.45, 7) is 7.09. The number of pyridine rings is 1. The molecule has 0 aliphatic carbocycles. The summed E-state index contributed by atoms with van der Waals surface area (Å²) >= 11 is 0. The van der Waals surface area contributed by atoms with E-state index in [-0.39, 0.29) is 29.9 Å². The lowest BCUT2D eigenvalue weighted by molar-refractivity contribution is -0.136. The zero-order chi connectivity index (χ0) is 48.0. The molecule has 2 saturated heterocycles. The number of benzene rings is 4. The summed E-state index contributed by atoms with van der Waals surface area (Å²) in [6, 6.07) is 29.9. The van der Waals surface area contributed by atoms with Gasteiger partial charge in [-0.1, -0.05) is 72.5 Å². The molecule has 70 heavy (non-hydrogen) atoms. The molecule has 0 radical (unpaired) electrons. The topological polar surface area (TPSA) is 158 Å². The second-order valence-electron chi connectivity index (χ2n) is 18.1. The van der Waals surface area contributed by atoms with Gasteiger partial charge in [-0.3, -0.25) is 44.1 Å². The van der Waals surface area contributed by atoms with E-state index in [9.17, 15) is 24.0 Å². The second-order valence-corrected chi connectivity index (χ2v) is 18.1. The highest BCUT2D eigenvalue weighted by molar-refractivity contribution is 6.24. The van der Waals surface area contributed by atoms with Crippen molar-refractivity contribution in [2.75, 3.05) is 52.4 Å². The lowest BCUT2D eigenvalue weighted by Crippen LogP contribution is -2.54. The summed E-state index contributed by atoms with van der Waals surface area (Å²) in [7, 11) is 0. The van der Waals surface area contributed by atoms with E-state index in [0.29, 0.717) is 43.3 Å². The van der Waals surface area contributed by atoms with Crippen LogP contribution in [-0.4, -0.2) is 123 Å². The molecule has 1 atom stereocenters. The normalized spacial score (nSPS) is 17.3. The van der Waals surface area contributed by atoms with Crippen LogP contribution in [0.2, 0.25) is 0 Å². The van der Waals surface area contributed by atoms with Crippen LogP contribution in [0, 0.1) is 11.8 Å². The molecule has 6 heterocycles. The van der Waals surface area contributed by atoms with Gasteiger partial charge in [0.15, 0.2) is 5.82 Å². The molecule has 4 aliphatic heterocycles. The van der Waals surface area contributed by atoms with E-state index in [1.54, 1.807) is 24.4 Å². The Bertz CT molecular complexity index is 3080. The van der Waals surface area contributed by atoms with Gasteiger partial charge in [0.25, 0.3) is 17.7 Å². The van der Waals surface area contributed by atoms with Crippen LogP contribution < -0.4 is 10.1 Å². The number of carbonyl (C=O) groups excluding carboxylic acids is 5. The van der Waals surface area contributed by atoms with Crippen molar-refractivity contribution < 1.29 is 28.7 Å². The Kier molecular flexibility index (Phi) is 13.6. The molecule has 0 bridgehead atoms. The number of aromatic nitrogens is 3. The molecule has 2 aromatic heterocycles.